The highest BCUT2D eigenvalue weighted by Crippen LogP contribution is 2.28. The molecule has 0 radical (unpaired) electrons. The molecule has 0 saturated heterocycles. The molecule has 0 amide bonds. The smallest absolute Gasteiger partial charge is 0.0829 e. The van der Waals surface area contributed by atoms with Gasteiger partial charge in [-0.1, -0.05) is 86.0 Å². The summed E-state index contributed by atoms with van der Waals surface area (Å²) in [6.45, 7) is 0. The fourth-order valence-corrected chi connectivity index (χ4v) is 4.40. The molecule has 0 heterocycles. The van der Waals surface area contributed by atoms with Gasteiger partial charge < -0.3 is 0 Å². The van der Waals surface area contributed by atoms with E-state index in [1.165, 1.54) is 42.9 Å². The van der Waals surface area contributed by atoms with Gasteiger partial charge in [-0.3, -0.25) is 5.43 Å². The zero-order valence-electron chi connectivity index (χ0n) is 18.3. The van der Waals surface area contributed by atoms with E-state index in [4.69, 9.17) is 0 Å². The van der Waals surface area contributed by atoms with E-state index in [9.17, 15) is 0 Å². The Morgan fingerprint density at radius 1 is 0.562 bits per heavy atom. The lowest BCUT2D eigenvalue weighted by Crippen LogP contribution is -2.58. The third kappa shape index (κ3) is 4.71. The van der Waals surface area contributed by atoms with Crippen LogP contribution in [0.5, 0.6) is 0 Å². The second kappa shape index (κ2) is 9.75. The van der Waals surface area contributed by atoms with Crippen LogP contribution in [0, 0.1) is 0 Å². The molecule has 1 fully saturated rings. The molecule has 4 heteroatoms. The first-order valence-electron chi connectivity index (χ1n) is 11.6. The van der Waals surface area contributed by atoms with Crippen molar-refractivity contribution in [3.8, 4) is 0 Å². The molecule has 0 spiro atoms. The molecule has 1 saturated carbocycles. The van der Waals surface area contributed by atoms with E-state index in [-0.39, 0.29) is 0 Å². The number of anilines is 3. The van der Waals surface area contributed by atoms with Crippen molar-refractivity contribution in [3.63, 3.8) is 0 Å². The number of rotatable bonds is 7. The van der Waals surface area contributed by atoms with Crippen LogP contribution in [0.15, 0.2) is 103 Å². The van der Waals surface area contributed by atoms with Gasteiger partial charge in [0.15, 0.2) is 0 Å². The minimum atomic E-state index is 0.444. The van der Waals surface area contributed by atoms with E-state index in [1.54, 1.807) is 0 Å². The van der Waals surface area contributed by atoms with Gasteiger partial charge in [0, 0.05) is 6.04 Å². The van der Waals surface area contributed by atoms with Gasteiger partial charge in [0.2, 0.25) is 0 Å². The number of nitrogens with one attached hydrogen (secondary N) is 2. The molecule has 1 aliphatic rings. The second-order valence-corrected chi connectivity index (χ2v) is 8.43. The first kappa shape index (κ1) is 20.4. The third-order valence-corrected chi connectivity index (χ3v) is 6.10. The maximum Gasteiger partial charge on any atom is 0.0829 e. The lowest BCUT2D eigenvalue weighted by atomic mass is 9.96. The topological polar surface area (TPSA) is 30.5 Å². The van der Waals surface area contributed by atoms with E-state index in [0.29, 0.717) is 6.04 Å². The number of benzene rings is 4. The molecule has 2 N–H and O–H groups in total. The Kier molecular flexibility index (Phi) is 6.22. The molecule has 32 heavy (non-hydrogen) atoms. The molecule has 162 valence electrons. The summed E-state index contributed by atoms with van der Waals surface area (Å²) in [7, 11) is 0. The molecule has 5 rings (SSSR count). The summed E-state index contributed by atoms with van der Waals surface area (Å²) in [5.74, 6) is 0. The van der Waals surface area contributed by atoms with Crippen LogP contribution in [0.4, 0.5) is 17.1 Å². The lowest BCUT2D eigenvalue weighted by Gasteiger charge is -2.41. The fourth-order valence-electron chi connectivity index (χ4n) is 4.40. The van der Waals surface area contributed by atoms with Crippen LogP contribution in [0.25, 0.3) is 10.8 Å². The zero-order valence-corrected chi connectivity index (χ0v) is 18.3. The Balaban J connectivity index is 1.57. The third-order valence-electron chi connectivity index (χ3n) is 6.10. The molecule has 0 bridgehead atoms. The van der Waals surface area contributed by atoms with Gasteiger partial charge in [-0.05, 0) is 60.0 Å². The number of hydrazine groups is 3. The van der Waals surface area contributed by atoms with Crippen molar-refractivity contribution < 1.29 is 0 Å². The lowest BCUT2D eigenvalue weighted by molar-refractivity contribution is 0.361. The van der Waals surface area contributed by atoms with E-state index in [2.05, 4.69) is 118 Å². The van der Waals surface area contributed by atoms with Crippen molar-refractivity contribution in [1.29, 1.82) is 0 Å². The maximum atomic E-state index is 3.85. The molecule has 0 aliphatic heterocycles. The number of para-hydroxylation sites is 2. The van der Waals surface area contributed by atoms with Gasteiger partial charge >= 0.3 is 0 Å². The Morgan fingerprint density at radius 3 is 1.97 bits per heavy atom. The minimum absolute atomic E-state index is 0.444. The van der Waals surface area contributed by atoms with E-state index >= 15 is 0 Å². The van der Waals surface area contributed by atoms with Gasteiger partial charge in [0.1, 0.15) is 0 Å². The molecule has 1 aliphatic carbocycles. The van der Waals surface area contributed by atoms with Crippen molar-refractivity contribution in [2.75, 3.05) is 15.7 Å². The van der Waals surface area contributed by atoms with Crippen molar-refractivity contribution >= 4 is 27.8 Å². The predicted octanol–water partition coefficient (Wildman–Crippen LogP) is 6.93. The number of nitrogens with zero attached hydrogens (tertiary/aromatic N) is 2. The monoisotopic (exact) mass is 422 g/mol. The van der Waals surface area contributed by atoms with Crippen LogP contribution >= 0.6 is 0 Å². The second-order valence-electron chi connectivity index (χ2n) is 8.43. The van der Waals surface area contributed by atoms with Crippen molar-refractivity contribution in [3.05, 3.63) is 103 Å². The molecule has 4 aromatic carbocycles. The van der Waals surface area contributed by atoms with Gasteiger partial charge in [0.05, 0.1) is 17.1 Å². The SMILES string of the molecule is c1ccc(NN(c2ccccc2)N(NC2CCCCC2)c2ccc3ccccc3c2)cc1. The van der Waals surface area contributed by atoms with Gasteiger partial charge in [-0.2, -0.15) is 10.2 Å². The molecule has 0 unspecified atom stereocenters. The van der Waals surface area contributed by atoms with Gasteiger partial charge in [0.25, 0.3) is 0 Å². The molecule has 0 aromatic heterocycles. The van der Waals surface area contributed by atoms with Crippen molar-refractivity contribution in [2.24, 2.45) is 0 Å². The molecular formula is C28H30N4. The van der Waals surface area contributed by atoms with Crippen LogP contribution in [0.1, 0.15) is 32.1 Å². The predicted molar refractivity (Wildman–Crippen MR) is 135 cm³/mol. The Labute approximate surface area is 190 Å². The first-order chi connectivity index (χ1) is 15.9. The van der Waals surface area contributed by atoms with Crippen LogP contribution in [0.3, 0.4) is 0 Å². The van der Waals surface area contributed by atoms with Crippen LogP contribution < -0.4 is 21.1 Å². The number of hydrogen-bond acceptors (Lipinski definition) is 4. The summed E-state index contributed by atoms with van der Waals surface area (Å²) in [4.78, 5) is 0. The Morgan fingerprint density at radius 2 is 1.22 bits per heavy atom. The molecular weight excluding hydrogens is 392 g/mol. The average Bonchev–Trinajstić information content (AvgIpc) is 2.87. The Hall–Kier alpha value is -3.50. The Bertz CT molecular complexity index is 1120. The molecule has 4 aromatic rings. The highest BCUT2D eigenvalue weighted by atomic mass is 15.9. The molecule has 0 atom stereocenters. The summed E-state index contributed by atoms with van der Waals surface area (Å²) in [6, 6.07) is 36.4. The largest absolute Gasteiger partial charge is 0.278 e. The van der Waals surface area contributed by atoms with Crippen LogP contribution in [-0.2, 0) is 0 Å². The van der Waals surface area contributed by atoms with Crippen molar-refractivity contribution in [1.82, 2.24) is 5.43 Å². The van der Waals surface area contributed by atoms with Gasteiger partial charge in [-0.15, -0.1) is 0 Å². The average molecular weight is 423 g/mol. The highest BCUT2D eigenvalue weighted by molar-refractivity contribution is 5.86. The summed E-state index contributed by atoms with van der Waals surface area (Å²) in [5.41, 5.74) is 10.7. The summed E-state index contributed by atoms with van der Waals surface area (Å²) in [5, 5.41) is 6.78. The molecule has 4 nitrogen and oxygen atoms in total. The quantitative estimate of drug-likeness (QED) is 0.316. The van der Waals surface area contributed by atoms with Crippen LogP contribution in [0.2, 0.25) is 0 Å². The van der Waals surface area contributed by atoms with E-state index in [1.807, 2.05) is 6.07 Å². The summed E-state index contributed by atoms with van der Waals surface area (Å²) >= 11 is 0. The standard InChI is InChI=1S/C28H30N4/c1-4-14-25(15-5-1)29-31(27-18-8-3-9-19-27)32(30-26-16-6-2-7-17-26)28-21-20-23-12-10-11-13-24(23)22-28/h1,3-5,8-15,18-22,26,29-30H,2,6-7,16-17H2. The summed E-state index contributed by atoms with van der Waals surface area (Å²) in [6.07, 6.45) is 6.27. The van der Waals surface area contributed by atoms with E-state index in [0.717, 1.165) is 17.1 Å². The summed E-state index contributed by atoms with van der Waals surface area (Å²) < 4.78 is 0. The normalized spacial score (nSPS) is 14.2. The fraction of sp³-hybridized carbons (Fsp3) is 0.214. The first-order valence-corrected chi connectivity index (χ1v) is 11.6. The van der Waals surface area contributed by atoms with Crippen molar-refractivity contribution in [2.45, 2.75) is 38.1 Å². The van der Waals surface area contributed by atoms with Crippen LogP contribution in [-0.4, -0.2) is 6.04 Å². The zero-order chi connectivity index (χ0) is 21.6. The maximum absolute atomic E-state index is 3.85. The number of fused-ring (bicyclic) bond motifs is 1. The van der Waals surface area contributed by atoms with Gasteiger partial charge in [-0.25, -0.2) is 5.43 Å². The highest BCUT2D eigenvalue weighted by Gasteiger charge is 2.23. The minimum Gasteiger partial charge on any atom is -0.278 e. The van der Waals surface area contributed by atoms with E-state index < -0.39 is 0 Å². The number of hydrogen-bond donors (Lipinski definition) is 2.